The van der Waals surface area contributed by atoms with Crippen LogP contribution in [0.2, 0.25) is 0 Å². The van der Waals surface area contributed by atoms with Crippen LogP contribution in [0, 0.1) is 11.6 Å². The molecule has 4 rings (SSSR count). The average Bonchev–Trinajstić information content (AvgIpc) is 2.77. The Morgan fingerprint density at radius 3 is 2.27 bits per heavy atom. The van der Waals surface area contributed by atoms with Crippen LogP contribution in [-0.2, 0) is 0 Å². The van der Waals surface area contributed by atoms with E-state index < -0.39 is 17.5 Å². The van der Waals surface area contributed by atoms with Gasteiger partial charge in [-0.2, -0.15) is 0 Å². The third-order valence-electron chi connectivity index (χ3n) is 5.10. The number of amides is 1. The number of rotatable bonds is 4. The van der Waals surface area contributed by atoms with Crippen molar-refractivity contribution in [3.05, 3.63) is 71.8 Å². The first kappa shape index (κ1) is 19.9. The normalized spacial score (nSPS) is 14.6. The molecule has 0 atom stereocenters. The number of aromatic nitrogens is 2. The van der Waals surface area contributed by atoms with Gasteiger partial charge in [0.2, 0.25) is 0 Å². The lowest BCUT2D eigenvalue weighted by molar-refractivity contribution is 0.102. The number of hydrogen-bond acceptors (Lipinski definition) is 5. The lowest BCUT2D eigenvalue weighted by Crippen LogP contribution is -2.44. The van der Waals surface area contributed by atoms with Gasteiger partial charge in [0.15, 0.2) is 17.5 Å². The molecule has 1 amide bonds. The van der Waals surface area contributed by atoms with E-state index in [4.69, 9.17) is 0 Å². The van der Waals surface area contributed by atoms with Crippen molar-refractivity contribution in [2.75, 3.05) is 43.4 Å². The van der Waals surface area contributed by atoms with Crippen molar-refractivity contribution in [3.8, 4) is 11.3 Å². The Balaban J connectivity index is 1.41. The third-order valence-corrected chi connectivity index (χ3v) is 5.10. The molecule has 0 aliphatic carbocycles. The minimum Gasteiger partial charge on any atom is -0.353 e. The fraction of sp³-hybridized carbons (Fsp3) is 0.227. The molecule has 1 N–H and O–H groups in total. The molecule has 154 valence electrons. The second kappa shape index (κ2) is 8.54. The van der Waals surface area contributed by atoms with Gasteiger partial charge in [0.25, 0.3) is 5.91 Å². The first-order valence-electron chi connectivity index (χ1n) is 9.64. The van der Waals surface area contributed by atoms with Crippen LogP contribution in [0.4, 0.5) is 20.3 Å². The van der Waals surface area contributed by atoms with Gasteiger partial charge in [0.1, 0.15) is 0 Å². The quantitative estimate of drug-likeness (QED) is 0.716. The summed E-state index contributed by atoms with van der Waals surface area (Å²) < 4.78 is 26.3. The van der Waals surface area contributed by atoms with Gasteiger partial charge in [0, 0.05) is 43.0 Å². The van der Waals surface area contributed by atoms with Gasteiger partial charge < -0.3 is 15.1 Å². The number of carbonyl (C=O) groups excluding carboxylic acids is 1. The molecule has 0 bridgehead atoms. The summed E-state index contributed by atoms with van der Waals surface area (Å²) in [6.45, 7) is 3.86. The van der Waals surface area contributed by atoms with E-state index in [9.17, 15) is 13.6 Å². The Morgan fingerprint density at radius 1 is 0.900 bits per heavy atom. The number of benzene rings is 2. The molecule has 0 unspecified atom stereocenters. The number of anilines is 2. The second-order valence-corrected chi connectivity index (χ2v) is 7.23. The maximum atomic E-state index is 13.3. The van der Waals surface area contributed by atoms with Crippen molar-refractivity contribution in [3.63, 3.8) is 0 Å². The molecule has 3 aromatic rings. The SMILES string of the molecule is CN1CCN(c2ccc(-c3ccc(NC(=O)c4ccc(F)c(F)c4)cc3)nn2)CC1. The zero-order chi connectivity index (χ0) is 21.1. The molecule has 1 aliphatic rings. The molecule has 0 saturated carbocycles. The molecule has 30 heavy (non-hydrogen) atoms. The molecule has 2 heterocycles. The number of nitrogens with zero attached hydrogens (tertiary/aromatic N) is 4. The Hall–Kier alpha value is -3.39. The van der Waals surface area contributed by atoms with E-state index in [-0.39, 0.29) is 5.56 Å². The molecular formula is C22H21F2N5O. The van der Waals surface area contributed by atoms with Crippen LogP contribution in [0.1, 0.15) is 10.4 Å². The molecule has 0 radical (unpaired) electrons. The Morgan fingerprint density at radius 2 is 1.63 bits per heavy atom. The smallest absolute Gasteiger partial charge is 0.255 e. The molecule has 1 fully saturated rings. The largest absolute Gasteiger partial charge is 0.353 e. The molecule has 6 nitrogen and oxygen atoms in total. The van der Waals surface area contributed by atoms with Gasteiger partial charge in [-0.15, -0.1) is 10.2 Å². The maximum Gasteiger partial charge on any atom is 0.255 e. The highest BCUT2D eigenvalue weighted by molar-refractivity contribution is 6.04. The average molecular weight is 409 g/mol. The minimum atomic E-state index is -1.06. The monoisotopic (exact) mass is 409 g/mol. The molecule has 1 aliphatic heterocycles. The summed E-state index contributed by atoms with van der Waals surface area (Å²) in [6, 6.07) is 14.0. The molecule has 1 aromatic heterocycles. The molecular weight excluding hydrogens is 388 g/mol. The van der Waals surface area contributed by atoms with Crippen molar-refractivity contribution in [2.45, 2.75) is 0 Å². The summed E-state index contributed by atoms with van der Waals surface area (Å²) in [5, 5.41) is 11.3. The lowest BCUT2D eigenvalue weighted by Gasteiger charge is -2.32. The summed E-state index contributed by atoms with van der Waals surface area (Å²) in [5.41, 5.74) is 2.17. The van der Waals surface area contributed by atoms with Gasteiger partial charge >= 0.3 is 0 Å². The van der Waals surface area contributed by atoms with Crippen LogP contribution >= 0.6 is 0 Å². The van der Waals surface area contributed by atoms with E-state index >= 15 is 0 Å². The highest BCUT2D eigenvalue weighted by Crippen LogP contribution is 2.22. The van der Waals surface area contributed by atoms with Gasteiger partial charge in [-0.25, -0.2) is 8.78 Å². The molecule has 0 spiro atoms. The van der Waals surface area contributed by atoms with Gasteiger partial charge in [0.05, 0.1) is 5.69 Å². The van der Waals surface area contributed by atoms with Crippen LogP contribution in [0.3, 0.4) is 0 Å². The highest BCUT2D eigenvalue weighted by atomic mass is 19.2. The molecule has 8 heteroatoms. The predicted molar refractivity (Wildman–Crippen MR) is 111 cm³/mol. The van der Waals surface area contributed by atoms with E-state index in [1.807, 2.05) is 24.3 Å². The van der Waals surface area contributed by atoms with E-state index in [0.29, 0.717) is 5.69 Å². The summed E-state index contributed by atoms with van der Waals surface area (Å²) in [7, 11) is 2.11. The number of hydrogen-bond donors (Lipinski definition) is 1. The first-order valence-corrected chi connectivity index (χ1v) is 9.64. The lowest BCUT2D eigenvalue weighted by atomic mass is 10.1. The van der Waals surface area contributed by atoms with Crippen molar-refractivity contribution in [1.82, 2.24) is 15.1 Å². The first-order chi connectivity index (χ1) is 14.5. The van der Waals surface area contributed by atoms with Crippen molar-refractivity contribution < 1.29 is 13.6 Å². The number of carbonyl (C=O) groups is 1. The summed E-state index contributed by atoms with van der Waals surface area (Å²) in [4.78, 5) is 16.7. The van der Waals surface area contributed by atoms with E-state index in [1.54, 1.807) is 12.1 Å². The zero-order valence-electron chi connectivity index (χ0n) is 16.5. The standard InChI is InChI=1S/C22H21F2N5O/c1-28-10-12-29(13-11-28)21-9-8-20(26-27-21)15-2-5-17(6-3-15)25-22(30)16-4-7-18(23)19(24)14-16/h2-9,14H,10-13H2,1H3,(H,25,30). The number of halogens is 2. The van der Waals surface area contributed by atoms with Crippen molar-refractivity contribution >= 4 is 17.4 Å². The molecule has 1 saturated heterocycles. The van der Waals surface area contributed by atoms with Crippen molar-refractivity contribution in [2.24, 2.45) is 0 Å². The third kappa shape index (κ3) is 4.44. The van der Waals surface area contributed by atoms with Gasteiger partial charge in [-0.05, 0) is 49.5 Å². The molecule has 2 aromatic carbocycles. The van der Waals surface area contributed by atoms with Crippen molar-refractivity contribution in [1.29, 1.82) is 0 Å². The highest BCUT2D eigenvalue weighted by Gasteiger charge is 2.16. The van der Waals surface area contributed by atoms with Gasteiger partial charge in [-0.3, -0.25) is 4.79 Å². The van der Waals surface area contributed by atoms with E-state index in [0.717, 1.165) is 55.4 Å². The second-order valence-electron chi connectivity index (χ2n) is 7.23. The number of likely N-dealkylation sites (N-methyl/N-ethyl adjacent to an activating group) is 1. The van der Waals surface area contributed by atoms with E-state index in [2.05, 4.69) is 32.4 Å². The summed E-state index contributed by atoms with van der Waals surface area (Å²) in [5.74, 6) is -1.70. The van der Waals surface area contributed by atoms with Gasteiger partial charge in [-0.1, -0.05) is 12.1 Å². The van der Waals surface area contributed by atoms with Crippen LogP contribution in [-0.4, -0.2) is 54.2 Å². The minimum absolute atomic E-state index is 0.0448. The maximum absolute atomic E-state index is 13.3. The Labute approximate surface area is 173 Å². The predicted octanol–water partition coefficient (Wildman–Crippen LogP) is 3.43. The summed E-state index contributed by atoms with van der Waals surface area (Å²) in [6.07, 6.45) is 0. The fourth-order valence-electron chi connectivity index (χ4n) is 3.25. The fourth-order valence-corrected chi connectivity index (χ4v) is 3.25. The van der Waals surface area contributed by atoms with Crippen LogP contribution in [0.15, 0.2) is 54.6 Å². The Kier molecular flexibility index (Phi) is 5.67. The zero-order valence-corrected chi connectivity index (χ0v) is 16.5. The summed E-state index contributed by atoms with van der Waals surface area (Å²) >= 11 is 0. The topological polar surface area (TPSA) is 61.4 Å². The van der Waals surface area contributed by atoms with Crippen LogP contribution in [0.5, 0.6) is 0 Å². The van der Waals surface area contributed by atoms with Crippen LogP contribution in [0.25, 0.3) is 11.3 Å². The Bertz CT molecular complexity index is 1030. The van der Waals surface area contributed by atoms with E-state index in [1.165, 1.54) is 6.07 Å². The number of piperazine rings is 1. The van der Waals surface area contributed by atoms with Crippen LogP contribution < -0.4 is 10.2 Å². The number of nitrogens with one attached hydrogen (secondary N) is 1.